The fraction of sp³-hybridized carbons (Fsp3) is 0.889. The predicted octanol–water partition coefficient (Wildman–Crippen LogP) is 3.40. The molecule has 5 rings (SSSR count). The van der Waals surface area contributed by atoms with Crippen molar-refractivity contribution in [2.45, 2.75) is 70.8 Å². The van der Waals surface area contributed by atoms with Gasteiger partial charge in [-0.3, -0.25) is 4.79 Å². The number of carbonyl (C=O) groups excluding carboxylic acids is 1. The number of nitrogens with zero attached hydrogens (tertiary/aromatic N) is 1. The van der Waals surface area contributed by atoms with Crippen LogP contribution in [0.25, 0.3) is 0 Å². The largest absolute Gasteiger partial charge is 0.352 e. The maximum atomic E-state index is 13.0. The van der Waals surface area contributed by atoms with Gasteiger partial charge in [-0.15, -0.1) is 0 Å². The zero-order chi connectivity index (χ0) is 14.7. The van der Waals surface area contributed by atoms with Gasteiger partial charge in [0.2, 0.25) is 5.91 Å². The molecule has 0 spiro atoms. The summed E-state index contributed by atoms with van der Waals surface area (Å²) in [4.78, 5) is 13.0. The van der Waals surface area contributed by atoms with Crippen LogP contribution in [0.15, 0.2) is 0 Å². The Morgan fingerprint density at radius 2 is 1.90 bits per heavy atom. The molecule has 4 unspecified atom stereocenters. The van der Waals surface area contributed by atoms with Crippen LogP contribution in [0.2, 0.25) is 0 Å². The summed E-state index contributed by atoms with van der Waals surface area (Å²) in [5.41, 5.74) is 0.313. The van der Waals surface area contributed by atoms with E-state index in [1.165, 1.54) is 19.3 Å². The van der Waals surface area contributed by atoms with E-state index in [1.807, 2.05) is 0 Å². The Morgan fingerprint density at radius 3 is 2.52 bits per heavy atom. The highest BCUT2D eigenvalue weighted by atomic mass is 16.2. The summed E-state index contributed by atoms with van der Waals surface area (Å²) in [5.74, 6) is 1.88. The number of carbonyl (C=O) groups is 1. The van der Waals surface area contributed by atoms with Crippen LogP contribution in [-0.4, -0.2) is 11.9 Å². The van der Waals surface area contributed by atoms with E-state index in [2.05, 4.69) is 18.3 Å². The van der Waals surface area contributed by atoms with Gasteiger partial charge in [0.05, 0.1) is 17.4 Å². The number of hydrogen-bond donors (Lipinski definition) is 1. The first-order chi connectivity index (χ1) is 10.0. The van der Waals surface area contributed by atoms with E-state index in [9.17, 15) is 10.1 Å². The molecule has 4 atom stereocenters. The van der Waals surface area contributed by atoms with E-state index in [-0.39, 0.29) is 23.3 Å². The summed E-state index contributed by atoms with van der Waals surface area (Å²) >= 11 is 0. The molecule has 5 aliphatic carbocycles. The minimum atomic E-state index is -0.0958. The normalized spacial score (nSPS) is 50.9. The number of amides is 1. The van der Waals surface area contributed by atoms with E-state index in [4.69, 9.17) is 0 Å². The maximum absolute atomic E-state index is 13.0. The third-order valence-electron chi connectivity index (χ3n) is 6.83. The van der Waals surface area contributed by atoms with E-state index >= 15 is 0 Å². The van der Waals surface area contributed by atoms with E-state index in [1.54, 1.807) is 0 Å². The van der Waals surface area contributed by atoms with E-state index in [0.717, 1.165) is 50.4 Å². The Labute approximate surface area is 127 Å². The monoisotopic (exact) mass is 286 g/mol. The van der Waals surface area contributed by atoms with Gasteiger partial charge < -0.3 is 5.32 Å². The lowest BCUT2D eigenvalue weighted by Crippen LogP contribution is -2.58. The van der Waals surface area contributed by atoms with Crippen LogP contribution in [0.5, 0.6) is 0 Å². The van der Waals surface area contributed by atoms with Gasteiger partial charge in [-0.1, -0.05) is 6.92 Å². The number of nitrogens with one attached hydrogen (secondary N) is 1. The highest BCUT2D eigenvalue weighted by molar-refractivity contribution is 5.83. The first kappa shape index (κ1) is 13.6. The summed E-state index contributed by atoms with van der Waals surface area (Å²) < 4.78 is 0. The molecule has 1 N–H and O–H groups in total. The molecule has 0 saturated heterocycles. The van der Waals surface area contributed by atoms with Gasteiger partial charge in [0.15, 0.2) is 0 Å². The van der Waals surface area contributed by atoms with Crippen molar-refractivity contribution < 1.29 is 4.79 Å². The number of hydrogen-bond acceptors (Lipinski definition) is 2. The average molecular weight is 286 g/mol. The third-order valence-corrected chi connectivity index (χ3v) is 6.83. The van der Waals surface area contributed by atoms with Crippen LogP contribution in [-0.2, 0) is 4.79 Å². The van der Waals surface area contributed by atoms with Crippen LogP contribution in [0.4, 0.5) is 0 Å². The molecule has 5 aliphatic rings. The van der Waals surface area contributed by atoms with Gasteiger partial charge in [0.25, 0.3) is 0 Å². The van der Waals surface area contributed by atoms with Gasteiger partial charge in [-0.05, 0) is 75.0 Å². The Kier molecular flexibility index (Phi) is 2.90. The first-order valence-electron chi connectivity index (χ1n) is 8.73. The predicted molar refractivity (Wildman–Crippen MR) is 80.1 cm³/mol. The fourth-order valence-corrected chi connectivity index (χ4v) is 6.59. The first-order valence-corrected chi connectivity index (χ1v) is 8.73. The SMILES string of the molecule is CC12CC3CC(C1)CC(C(=O)NC1CCCC1C#N)(C3)C2. The zero-order valence-corrected chi connectivity index (χ0v) is 13.0. The molecule has 0 heterocycles. The summed E-state index contributed by atoms with van der Waals surface area (Å²) in [6.45, 7) is 2.40. The second-order valence-corrected chi connectivity index (χ2v) is 8.80. The molecule has 21 heavy (non-hydrogen) atoms. The lowest BCUT2D eigenvalue weighted by molar-refractivity contribution is -0.156. The van der Waals surface area contributed by atoms with Gasteiger partial charge in [0, 0.05) is 6.04 Å². The van der Waals surface area contributed by atoms with Gasteiger partial charge in [-0.2, -0.15) is 5.26 Å². The summed E-state index contributed by atoms with van der Waals surface area (Å²) in [6, 6.07) is 2.50. The van der Waals surface area contributed by atoms with Crippen LogP contribution >= 0.6 is 0 Å². The quantitative estimate of drug-likeness (QED) is 0.846. The molecular weight excluding hydrogens is 260 g/mol. The molecule has 114 valence electrons. The molecule has 5 saturated carbocycles. The molecule has 3 nitrogen and oxygen atoms in total. The van der Waals surface area contributed by atoms with Crippen LogP contribution in [0.3, 0.4) is 0 Å². The van der Waals surface area contributed by atoms with Gasteiger partial charge in [-0.25, -0.2) is 0 Å². The van der Waals surface area contributed by atoms with Crippen molar-refractivity contribution in [1.82, 2.24) is 5.32 Å². The molecule has 4 bridgehead atoms. The Morgan fingerprint density at radius 1 is 1.19 bits per heavy atom. The van der Waals surface area contributed by atoms with Gasteiger partial charge in [0.1, 0.15) is 0 Å². The molecule has 0 radical (unpaired) electrons. The number of nitriles is 1. The smallest absolute Gasteiger partial charge is 0.226 e. The van der Waals surface area contributed by atoms with E-state index < -0.39 is 0 Å². The lowest BCUT2D eigenvalue weighted by atomic mass is 9.44. The molecule has 0 aromatic heterocycles. The van der Waals surface area contributed by atoms with Crippen molar-refractivity contribution in [3.8, 4) is 6.07 Å². The second-order valence-electron chi connectivity index (χ2n) is 8.80. The second kappa shape index (κ2) is 4.48. The van der Waals surface area contributed by atoms with Crippen LogP contribution in [0, 0.1) is 39.9 Å². The van der Waals surface area contributed by atoms with Crippen molar-refractivity contribution in [1.29, 1.82) is 5.26 Å². The van der Waals surface area contributed by atoms with Crippen molar-refractivity contribution >= 4 is 5.91 Å². The minimum Gasteiger partial charge on any atom is -0.352 e. The van der Waals surface area contributed by atoms with Crippen molar-refractivity contribution in [2.75, 3.05) is 0 Å². The summed E-state index contributed by atoms with van der Waals surface area (Å²) in [6.07, 6.45) is 10.4. The highest BCUT2D eigenvalue weighted by Crippen LogP contribution is 2.65. The lowest BCUT2D eigenvalue weighted by Gasteiger charge is -2.60. The van der Waals surface area contributed by atoms with Gasteiger partial charge >= 0.3 is 0 Å². The van der Waals surface area contributed by atoms with Crippen molar-refractivity contribution in [2.24, 2.45) is 28.6 Å². The zero-order valence-electron chi connectivity index (χ0n) is 13.0. The Balaban J connectivity index is 1.53. The third kappa shape index (κ3) is 2.10. The Bertz CT molecular complexity index is 492. The summed E-state index contributed by atoms with van der Waals surface area (Å²) in [7, 11) is 0. The summed E-state index contributed by atoms with van der Waals surface area (Å²) in [5, 5.41) is 12.5. The molecule has 0 aromatic rings. The molecule has 1 amide bonds. The number of rotatable bonds is 2. The fourth-order valence-electron chi connectivity index (χ4n) is 6.59. The minimum absolute atomic E-state index is 0.0402. The van der Waals surface area contributed by atoms with Crippen molar-refractivity contribution in [3.63, 3.8) is 0 Å². The average Bonchev–Trinajstić information content (AvgIpc) is 2.83. The molecule has 0 aromatic carbocycles. The van der Waals surface area contributed by atoms with E-state index in [0.29, 0.717) is 5.41 Å². The van der Waals surface area contributed by atoms with Crippen LogP contribution in [0.1, 0.15) is 64.7 Å². The maximum Gasteiger partial charge on any atom is 0.226 e. The molecule has 5 fully saturated rings. The topological polar surface area (TPSA) is 52.9 Å². The molecule has 0 aliphatic heterocycles. The van der Waals surface area contributed by atoms with Crippen molar-refractivity contribution in [3.05, 3.63) is 0 Å². The van der Waals surface area contributed by atoms with Crippen LogP contribution < -0.4 is 5.32 Å². The molecule has 3 heteroatoms. The standard InChI is InChI=1S/C18H26N2O/c1-17-6-12-5-13(7-17)9-18(8-12,11-17)16(21)20-15-4-2-3-14(15)10-19/h12-15H,2-9,11H2,1H3,(H,20,21). The highest BCUT2D eigenvalue weighted by Gasteiger charge is 2.59. The molecular formula is C18H26N2O. The Hall–Kier alpha value is -1.04.